The summed E-state index contributed by atoms with van der Waals surface area (Å²) in [6.45, 7) is 1.87. The predicted octanol–water partition coefficient (Wildman–Crippen LogP) is 4.09. The number of benzene rings is 2. The fourth-order valence-corrected chi connectivity index (χ4v) is 3.82. The minimum absolute atomic E-state index is 0.139. The Hall–Kier alpha value is -2.39. The van der Waals surface area contributed by atoms with Gasteiger partial charge in [-0.2, -0.15) is 11.8 Å². The first-order valence-electron chi connectivity index (χ1n) is 8.92. The lowest BCUT2D eigenvalue weighted by Gasteiger charge is -2.22. The summed E-state index contributed by atoms with van der Waals surface area (Å²) >= 11 is 5.04. The summed E-state index contributed by atoms with van der Waals surface area (Å²) in [6, 6.07) is 12.0. The monoisotopic (exact) mass is 479 g/mol. The first-order chi connectivity index (χ1) is 13.8. The first-order valence-corrected chi connectivity index (χ1v) is 11.1. The van der Waals surface area contributed by atoms with Crippen LogP contribution in [-0.4, -0.2) is 34.8 Å². The average molecular weight is 480 g/mol. The van der Waals surface area contributed by atoms with E-state index in [1.807, 2.05) is 37.4 Å². The van der Waals surface area contributed by atoms with E-state index in [2.05, 4.69) is 26.6 Å². The summed E-state index contributed by atoms with van der Waals surface area (Å²) in [5, 5.41) is 16.6. The van der Waals surface area contributed by atoms with Gasteiger partial charge in [0.2, 0.25) is 5.91 Å². The molecule has 0 aliphatic carbocycles. The van der Waals surface area contributed by atoms with Crippen LogP contribution in [-0.2, 0) is 4.79 Å². The van der Waals surface area contributed by atoms with Gasteiger partial charge < -0.3 is 10.6 Å². The molecule has 7 nitrogen and oxygen atoms in total. The van der Waals surface area contributed by atoms with E-state index in [1.165, 1.54) is 24.3 Å². The van der Waals surface area contributed by atoms with Crippen LogP contribution in [0.15, 0.2) is 53.0 Å². The predicted molar refractivity (Wildman–Crippen MR) is 118 cm³/mol. The van der Waals surface area contributed by atoms with Gasteiger partial charge in [-0.1, -0.05) is 40.2 Å². The van der Waals surface area contributed by atoms with Crippen molar-refractivity contribution in [2.45, 2.75) is 25.4 Å². The van der Waals surface area contributed by atoms with Crippen LogP contribution in [0.1, 0.15) is 35.3 Å². The largest absolute Gasteiger partial charge is 0.348 e. The number of nitrogens with zero attached hydrogens (tertiary/aromatic N) is 1. The number of thioether (sulfide) groups is 1. The Morgan fingerprint density at radius 3 is 2.55 bits per heavy atom. The lowest BCUT2D eigenvalue weighted by Crippen LogP contribution is -2.47. The summed E-state index contributed by atoms with van der Waals surface area (Å²) in [6.07, 6.45) is 2.36. The van der Waals surface area contributed by atoms with Crippen LogP contribution in [0, 0.1) is 10.1 Å². The van der Waals surface area contributed by atoms with Crippen molar-refractivity contribution < 1.29 is 14.5 Å². The number of rotatable bonds is 9. The standard InChI is InChI=1S/C20H22BrN3O4S/c1-13(16-8-3-4-9-17(16)21)22-20(26)18(10-11-29-2)23-19(25)14-6-5-7-15(12-14)24(27)28/h3-9,12-13,18H,10-11H2,1-2H3,(H,22,26)(H,23,25). The molecule has 2 N–H and O–H groups in total. The highest BCUT2D eigenvalue weighted by Gasteiger charge is 2.24. The molecule has 0 saturated heterocycles. The van der Waals surface area contributed by atoms with Crippen LogP contribution in [0.25, 0.3) is 0 Å². The summed E-state index contributed by atoms with van der Waals surface area (Å²) in [4.78, 5) is 35.8. The second kappa shape index (κ2) is 11.0. The molecule has 0 aliphatic heterocycles. The third kappa shape index (κ3) is 6.57. The average Bonchev–Trinajstić information content (AvgIpc) is 2.71. The number of nitro groups is 1. The van der Waals surface area contributed by atoms with Gasteiger partial charge in [0.25, 0.3) is 11.6 Å². The molecule has 0 aromatic heterocycles. The Balaban J connectivity index is 2.12. The highest BCUT2D eigenvalue weighted by Crippen LogP contribution is 2.23. The smallest absolute Gasteiger partial charge is 0.270 e. The Morgan fingerprint density at radius 2 is 1.90 bits per heavy atom. The number of non-ortho nitro benzene ring substituents is 1. The maximum atomic E-state index is 12.8. The van der Waals surface area contributed by atoms with E-state index in [-0.39, 0.29) is 23.2 Å². The SMILES string of the molecule is CSCCC(NC(=O)c1cccc([N+](=O)[O-])c1)C(=O)NC(C)c1ccccc1Br. The number of nitrogens with one attached hydrogen (secondary N) is 2. The van der Waals surface area contributed by atoms with Crippen molar-refractivity contribution in [2.75, 3.05) is 12.0 Å². The molecular formula is C20H22BrN3O4S. The number of amides is 2. The van der Waals surface area contributed by atoms with Crippen LogP contribution in [0.2, 0.25) is 0 Å². The molecule has 0 aliphatic rings. The van der Waals surface area contributed by atoms with Gasteiger partial charge in [-0.15, -0.1) is 0 Å². The second-order valence-electron chi connectivity index (χ2n) is 6.37. The van der Waals surface area contributed by atoms with E-state index >= 15 is 0 Å². The van der Waals surface area contributed by atoms with Crippen LogP contribution >= 0.6 is 27.7 Å². The second-order valence-corrected chi connectivity index (χ2v) is 8.21. The van der Waals surface area contributed by atoms with E-state index in [4.69, 9.17) is 0 Å². The lowest BCUT2D eigenvalue weighted by atomic mass is 10.1. The van der Waals surface area contributed by atoms with E-state index < -0.39 is 16.9 Å². The van der Waals surface area contributed by atoms with Crippen LogP contribution in [0.3, 0.4) is 0 Å². The Bertz CT molecular complexity index is 894. The number of nitro benzene ring substituents is 1. The highest BCUT2D eigenvalue weighted by molar-refractivity contribution is 9.10. The van der Waals surface area contributed by atoms with Crippen LogP contribution in [0.5, 0.6) is 0 Å². The molecule has 154 valence electrons. The molecule has 0 radical (unpaired) electrons. The maximum absolute atomic E-state index is 12.8. The van der Waals surface area contributed by atoms with E-state index in [0.717, 1.165) is 10.0 Å². The molecular weight excluding hydrogens is 458 g/mol. The molecule has 2 atom stereocenters. The fourth-order valence-electron chi connectivity index (χ4n) is 2.72. The molecule has 2 amide bonds. The molecule has 0 spiro atoms. The summed E-state index contributed by atoms with van der Waals surface area (Å²) in [7, 11) is 0. The molecule has 2 rings (SSSR count). The van der Waals surface area contributed by atoms with Gasteiger partial charge in [0, 0.05) is 22.2 Å². The third-order valence-corrected chi connectivity index (χ3v) is 5.65. The van der Waals surface area contributed by atoms with Crippen molar-refractivity contribution in [3.63, 3.8) is 0 Å². The number of halogens is 1. The zero-order valence-corrected chi connectivity index (χ0v) is 18.5. The number of hydrogen-bond acceptors (Lipinski definition) is 5. The van der Waals surface area contributed by atoms with Gasteiger partial charge in [-0.25, -0.2) is 0 Å². The van der Waals surface area contributed by atoms with Gasteiger partial charge in [0.05, 0.1) is 11.0 Å². The van der Waals surface area contributed by atoms with E-state index in [1.54, 1.807) is 11.8 Å². The summed E-state index contributed by atoms with van der Waals surface area (Å²) < 4.78 is 0.883. The molecule has 0 heterocycles. The van der Waals surface area contributed by atoms with Crippen molar-refractivity contribution in [3.8, 4) is 0 Å². The molecule has 2 aromatic rings. The van der Waals surface area contributed by atoms with Gasteiger partial charge in [0.15, 0.2) is 0 Å². The van der Waals surface area contributed by atoms with Gasteiger partial charge >= 0.3 is 0 Å². The number of carbonyl (C=O) groups excluding carboxylic acids is 2. The van der Waals surface area contributed by atoms with Crippen LogP contribution in [0.4, 0.5) is 5.69 Å². The van der Waals surface area contributed by atoms with Crippen molar-refractivity contribution in [1.82, 2.24) is 10.6 Å². The Kier molecular flexibility index (Phi) is 8.66. The first kappa shape index (κ1) is 22.9. The highest BCUT2D eigenvalue weighted by atomic mass is 79.9. The van der Waals surface area contributed by atoms with Crippen molar-refractivity contribution in [3.05, 3.63) is 74.2 Å². The fraction of sp³-hybridized carbons (Fsp3) is 0.300. The number of carbonyl (C=O) groups is 2. The minimum atomic E-state index is -0.751. The van der Waals surface area contributed by atoms with Gasteiger partial charge in [-0.05, 0) is 43.0 Å². The summed E-state index contributed by atoms with van der Waals surface area (Å²) in [5.41, 5.74) is 0.889. The molecule has 9 heteroatoms. The Morgan fingerprint density at radius 1 is 1.17 bits per heavy atom. The third-order valence-electron chi connectivity index (χ3n) is 4.28. The van der Waals surface area contributed by atoms with E-state index in [0.29, 0.717) is 12.2 Å². The number of hydrogen-bond donors (Lipinski definition) is 2. The molecule has 2 unspecified atom stereocenters. The van der Waals surface area contributed by atoms with E-state index in [9.17, 15) is 19.7 Å². The van der Waals surface area contributed by atoms with Gasteiger partial charge in [0.1, 0.15) is 6.04 Å². The Labute approximate surface area is 181 Å². The quantitative estimate of drug-likeness (QED) is 0.416. The topological polar surface area (TPSA) is 101 Å². The zero-order chi connectivity index (χ0) is 21.4. The summed E-state index contributed by atoms with van der Waals surface area (Å²) in [5.74, 6) is -0.152. The van der Waals surface area contributed by atoms with Gasteiger partial charge in [-0.3, -0.25) is 19.7 Å². The molecule has 0 fully saturated rings. The minimum Gasteiger partial charge on any atom is -0.348 e. The van der Waals surface area contributed by atoms with Crippen molar-refractivity contribution in [2.24, 2.45) is 0 Å². The molecule has 29 heavy (non-hydrogen) atoms. The van der Waals surface area contributed by atoms with Crippen LogP contribution < -0.4 is 10.6 Å². The van der Waals surface area contributed by atoms with Crippen molar-refractivity contribution >= 4 is 45.2 Å². The normalized spacial score (nSPS) is 12.7. The van der Waals surface area contributed by atoms with Crippen molar-refractivity contribution in [1.29, 1.82) is 0 Å². The maximum Gasteiger partial charge on any atom is 0.270 e. The lowest BCUT2D eigenvalue weighted by molar-refractivity contribution is -0.384. The molecule has 2 aromatic carbocycles. The molecule has 0 bridgehead atoms. The zero-order valence-electron chi connectivity index (χ0n) is 16.1. The molecule has 0 saturated carbocycles.